The fourth-order valence-corrected chi connectivity index (χ4v) is 4.39. The second-order valence-electron chi connectivity index (χ2n) is 7.56. The van der Waals surface area contributed by atoms with Gasteiger partial charge < -0.3 is 10.1 Å². The predicted octanol–water partition coefficient (Wildman–Crippen LogP) is 4.01. The van der Waals surface area contributed by atoms with Gasteiger partial charge in [-0.2, -0.15) is 0 Å². The number of esters is 1. The van der Waals surface area contributed by atoms with Crippen LogP contribution in [0.5, 0.6) is 0 Å². The fraction of sp³-hybridized carbons (Fsp3) is 0.400. The molecule has 0 aliphatic rings. The number of pyridine rings is 1. The molecule has 0 fully saturated rings. The third-order valence-corrected chi connectivity index (χ3v) is 6.19. The Morgan fingerprint density at radius 3 is 2.47 bits per heavy atom. The lowest BCUT2D eigenvalue weighted by Crippen LogP contribution is -2.26. The molecule has 0 atom stereocenters. The number of benzene rings is 1. The summed E-state index contributed by atoms with van der Waals surface area (Å²) in [6, 6.07) is 10.1. The molecule has 1 amide bonds. The van der Waals surface area contributed by atoms with E-state index in [0.717, 1.165) is 24.1 Å². The molecule has 0 saturated carbocycles. The van der Waals surface area contributed by atoms with Crippen LogP contribution in [-0.2, 0) is 27.2 Å². The van der Waals surface area contributed by atoms with Crippen LogP contribution in [0.4, 0.5) is 0 Å². The van der Waals surface area contributed by atoms with E-state index in [9.17, 15) is 9.59 Å². The Morgan fingerprint density at radius 2 is 1.82 bits per heavy atom. The van der Waals surface area contributed by atoms with Crippen LogP contribution >= 0.6 is 11.8 Å². The lowest BCUT2D eigenvalue weighted by molar-refractivity contribution is -0.143. The van der Waals surface area contributed by atoms with Gasteiger partial charge >= 0.3 is 5.97 Å². The molecule has 2 aromatic heterocycles. The Morgan fingerprint density at radius 1 is 1.06 bits per heavy atom. The lowest BCUT2D eigenvalue weighted by Gasteiger charge is -2.17. The molecular weight excluding hydrogens is 450 g/mol. The van der Waals surface area contributed by atoms with E-state index in [2.05, 4.69) is 52.5 Å². The number of para-hydroxylation sites is 1. The highest BCUT2D eigenvalue weighted by molar-refractivity contribution is 7.99. The van der Waals surface area contributed by atoms with Crippen molar-refractivity contribution in [3.63, 3.8) is 0 Å². The van der Waals surface area contributed by atoms with Gasteiger partial charge in [0.05, 0.1) is 18.0 Å². The minimum atomic E-state index is -0.247. The Labute approximate surface area is 204 Å². The third kappa shape index (κ3) is 6.44. The number of aryl methyl sites for hydroxylation is 2. The van der Waals surface area contributed by atoms with Crippen LogP contribution < -0.4 is 5.32 Å². The van der Waals surface area contributed by atoms with Crippen molar-refractivity contribution in [2.75, 3.05) is 18.9 Å². The largest absolute Gasteiger partial charge is 0.466 e. The highest BCUT2D eigenvalue weighted by Gasteiger charge is 2.21. The number of nitrogens with one attached hydrogen (secondary N) is 1. The predicted molar refractivity (Wildman–Crippen MR) is 133 cm³/mol. The Balaban J connectivity index is 1.81. The number of aromatic nitrogens is 4. The summed E-state index contributed by atoms with van der Waals surface area (Å²) in [5, 5.41) is 12.4. The molecule has 3 rings (SSSR count). The molecule has 0 aliphatic carbocycles. The summed E-state index contributed by atoms with van der Waals surface area (Å²) in [5.74, 6) is 0.524. The van der Waals surface area contributed by atoms with Gasteiger partial charge in [-0.1, -0.05) is 43.8 Å². The maximum atomic E-state index is 12.4. The van der Waals surface area contributed by atoms with Crippen molar-refractivity contribution in [3.8, 4) is 17.1 Å². The number of rotatable bonds is 12. The van der Waals surface area contributed by atoms with E-state index < -0.39 is 0 Å². The molecular formula is C25H31N5O3S. The van der Waals surface area contributed by atoms with E-state index in [1.165, 1.54) is 22.9 Å². The molecule has 9 heteroatoms. The van der Waals surface area contributed by atoms with Gasteiger partial charge in [0.2, 0.25) is 5.91 Å². The first kappa shape index (κ1) is 25.4. The number of ether oxygens (including phenoxy) is 1. The third-order valence-electron chi connectivity index (χ3n) is 5.26. The van der Waals surface area contributed by atoms with E-state index in [-0.39, 0.29) is 24.1 Å². The van der Waals surface area contributed by atoms with Crippen molar-refractivity contribution >= 4 is 23.6 Å². The first-order valence-electron chi connectivity index (χ1n) is 11.6. The minimum Gasteiger partial charge on any atom is -0.466 e. The molecule has 180 valence electrons. The molecule has 0 bridgehead atoms. The average Bonchev–Trinajstić information content (AvgIpc) is 3.29. The van der Waals surface area contributed by atoms with Gasteiger partial charge in [0.15, 0.2) is 11.0 Å². The van der Waals surface area contributed by atoms with Crippen LogP contribution in [0.1, 0.15) is 44.7 Å². The highest BCUT2D eigenvalue weighted by Crippen LogP contribution is 2.32. The van der Waals surface area contributed by atoms with Crippen molar-refractivity contribution in [2.45, 2.75) is 51.6 Å². The maximum absolute atomic E-state index is 12.4. The molecule has 2 heterocycles. The molecule has 1 N–H and O–H groups in total. The van der Waals surface area contributed by atoms with Crippen molar-refractivity contribution in [1.29, 1.82) is 0 Å². The maximum Gasteiger partial charge on any atom is 0.305 e. The topological polar surface area (TPSA) is 99.0 Å². The summed E-state index contributed by atoms with van der Waals surface area (Å²) in [7, 11) is 0. The Kier molecular flexibility index (Phi) is 9.63. The van der Waals surface area contributed by atoms with Crippen LogP contribution in [0.25, 0.3) is 17.1 Å². The number of hydrogen-bond donors (Lipinski definition) is 1. The first-order valence-corrected chi connectivity index (χ1v) is 12.6. The van der Waals surface area contributed by atoms with Gasteiger partial charge in [0.25, 0.3) is 0 Å². The van der Waals surface area contributed by atoms with Crippen molar-refractivity contribution in [3.05, 3.63) is 53.9 Å². The lowest BCUT2D eigenvalue weighted by atomic mass is 10.0. The van der Waals surface area contributed by atoms with Crippen LogP contribution in [0.3, 0.4) is 0 Å². The zero-order chi connectivity index (χ0) is 24.3. The van der Waals surface area contributed by atoms with E-state index in [4.69, 9.17) is 4.74 Å². The van der Waals surface area contributed by atoms with Crippen LogP contribution in [0.15, 0.2) is 47.9 Å². The van der Waals surface area contributed by atoms with E-state index in [1.54, 1.807) is 19.3 Å². The summed E-state index contributed by atoms with van der Waals surface area (Å²) in [6.45, 7) is 6.82. The van der Waals surface area contributed by atoms with Gasteiger partial charge in [-0.25, -0.2) is 0 Å². The monoisotopic (exact) mass is 481 g/mol. The van der Waals surface area contributed by atoms with Crippen LogP contribution in [0.2, 0.25) is 0 Å². The zero-order valence-electron chi connectivity index (χ0n) is 19.9. The molecule has 34 heavy (non-hydrogen) atoms. The smallest absolute Gasteiger partial charge is 0.305 e. The molecule has 8 nitrogen and oxygen atoms in total. The van der Waals surface area contributed by atoms with Gasteiger partial charge in [-0.15, -0.1) is 10.2 Å². The zero-order valence-corrected chi connectivity index (χ0v) is 20.7. The second kappa shape index (κ2) is 12.9. The summed E-state index contributed by atoms with van der Waals surface area (Å²) in [6.07, 6.45) is 6.05. The Hall–Kier alpha value is -3.20. The average molecular weight is 482 g/mol. The number of carbonyl (C=O) groups excluding carboxylic acids is 2. The molecule has 0 radical (unpaired) electrons. The summed E-state index contributed by atoms with van der Waals surface area (Å²) in [5.41, 5.74) is 4.30. The number of carbonyl (C=O) groups is 2. The molecule has 0 saturated heterocycles. The molecule has 0 aliphatic heterocycles. The quantitative estimate of drug-likeness (QED) is 0.237. The number of amides is 1. The summed E-state index contributed by atoms with van der Waals surface area (Å²) < 4.78 is 6.96. The van der Waals surface area contributed by atoms with Crippen LogP contribution in [0, 0.1) is 0 Å². The van der Waals surface area contributed by atoms with Crippen molar-refractivity contribution in [1.82, 2.24) is 25.1 Å². The molecule has 0 spiro atoms. The number of hydrogen-bond acceptors (Lipinski definition) is 7. The molecule has 1 aromatic carbocycles. The second-order valence-corrected chi connectivity index (χ2v) is 8.50. The van der Waals surface area contributed by atoms with Crippen molar-refractivity contribution < 1.29 is 14.3 Å². The van der Waals surface area contributed by atoms with E-state index in [1.807, 2.05) is 16.7 Å². The normalized spacial score (nSPS) is 10.8. The van der Waals surface area contributed by atoms with Crippen LogP contribution in [-0.4, -0.2) is 50.5 Å². The summed E-state index contributed by atoms with van der Waals surface area (Å²) in [4.78, 5) is 28.1. The number of nitrogens with zero attached hydrogens (tertiary/aromatic N) is 4. The van der Waals surface area contributed by atoms with Gasteiger partial charge in [0, 0.05) is 30.9 Å². The fourth-order valence-electron chi connectivity index (χ4n) is 3.62. The first-order chi connectivity index (χ1) is 16.6. The van der Waals surface area contributed by atoms with Gasteiger partial charge in [-0.3, -0.25) is 19.1 Å². The standard InChI is InChI=1S/C25H31N5O3S/c1-4-18-10-7-11-19(5-2)23(18)30-24(20-12-8-14-26-16-20)28-29-25(30)34-17-21(31)27-15-9-13-22(32)33-6-3/h7-8,10-12,14,16H,4-6,9,13,15,17H2,1-3H3,(H,27,31). The molecule has 3 aromatic rings. The van der Waals surface area contributed by atoms with E-state index in [0.29, 0.717) is 30.6 Å². The van der Waals surface area contributed by atoms with E-state index >= 15 is 0 Å². The SMILES string of the molecule is CCOC(=O)CCCNC(=O)CSc1nnc(-c2cccnc2)n1-c1c(CC)cccc1CC. The van der Waals surface area contributed by atoms with Gasteiger partial charge in [-0.05, 0) is 49.4 Å². The Bertz CT molecular complexity index is 1080. The number of thioether (sulfide) groups is 1. The molecule has 0 unspecified atom stereocenters. The summed E-state index contributed by atoms with van der Waals surface area (Å²) >= 11 is 1.34. The van der Waals surface area contributed by atoms with Gasteiger partial charge in [0.1, 0.15) is 0 Å². The van der Waals surface area contributed by atoms with Crippen molar-refractivity contribution in [2.24, 2.45) is 0 Å². The highest BCUT2D eigenvalue weighted by atomic mass is 32.2. The minimum absolute atomic E-state index is 0.120.